The smallest absolute Gasteiger partial charge is 0.213 e. The van der Waals surface area contributed by atoms with Crippen LogP contribution < -0.4 is 4.74 Å². The van der Waals surface area contributed by atoms with Crippen LogP contribution in [0.15, 0.2) is 23.2 Å². The summed E-state index contributed by atoms with van der Waals surface area (Å²) in [7, 11) is -3.16. The van der Waals surface area contributed by atoms with Crippen LogP contribution in [0.1, 0.15) is 12.8 Å². The predicted molar refractivity (Wildman–Crippen MR) is 55.6 cm³/mol. The SMILES string of the molecule is CS(=O)(=O)c1ccc(OCC2CC2)nc1. The van der Waals surface area contributed by atoms with E-state index in [-0.39, 0.29) is 4.90 Å². The van der Waals surface area contributed by atoms with Crippen molar-refractivity contribution in [2.24, 2.45) is 5.92 Å². The van der Waals surface area contributed by atoms with Crippen molar-refractivity contribution in [3.8, 4) is 5.88 Å². The summed E-state index contributed by atoms with van der Waals surface area (Å²) in [6, 6.07) is 3.11. The Morgan fingerprint density at radius 2 is 2.20 bits per heavy atom. The summed E-state index contributed by atoms with van der Waals surface area (Å²) in [5.41, 5.74) is 0. The molecule has 0 atom stereocenters. The van der Waals surface area contributed by atoms with E-state index < -0.39 is 9.84 Å². The molecule has 1 fully saturated rings. The van der Waals surface area contributed by atoms with E-state index in [1.54, 1.807) is 6.07 Å². The van der Waals surface area contributed by atoms with Gasteiger partial charge in [-0.25, -0.2) is 13.4 Å². The number of nitrogens with zero attached hydrogens (tertiary/aromatic N) is 1. The Labute approximate surface area is 89.2 Å². The molecule has 0 bridgehead atoms. The molecular weight excluding hydrogens is 214 g/mol. The fourth-order valence-corrected chi connectivity index (χ4v) is 1.72. The lowest BCUT2D eigenvalue weighted by molar-refractivity contribution is 0.288. The lowest BCUT2D eigenvalue weighted by Gasteiger charge is -2.04. The normalized spacial score (nSPS) is 16.3. The van der Waals surface area contributed by atoms with Crippen molar-refractivity contribution in [2.45, 2.75) is 17.7 Å². The molecule has 5 heteroatoms. The van der Waals surface area contributed by atoms with Crippen molar-refractivity contribution >= 4 is 9.84 Å². The molecule has 0 radical (unpaired) electrons. The van der Waals surface area contributed by atoms with E-state index in [9.17, 15) is 8.42 Å². The van der Waals surface area contributed by atoms with Crippen LogP contribution in [-0.2, 0) is 9.84 Å². The second-order valence-electron chi connectivity index (χ2n) is 3.86. The van der Waals surface area contributed by atoms with Gasteiger partial charge in [0, 0.05) is 18.5 Å². The summed E-state index contributed by atoms with van der Waals surface area (Å²) < 4.78 is 27.7. The molecule has 1 heterocycles. The third-order valence-corrected chi connectivity index (χ3v) is 3.40. The number of rotatable bonds is 4. The fraction of sp³-hybridized carbons (Fsp3) is 0.500. The monoisotopic (exact) mass is 227 g/mol. The van der Waals surface area contributed by atoms with Gasteiger partial charge in [-0.05, 0) is 24.8 Å². The van der Waals surface area contributed by atoms with Gasteiger partial charge < -0.3 is 4.74 Å². The number of ether oxygens (including phenoxy) is 1. The van der Waals surface area contributed by atoms with Crippen LogP contribution in [0.25, 0.3) is 0 Å². The average Bonchev–Trinajstić information content (AvgIpc) is 2.97. The van der Waals surface area contributed by atoms with Gasteiger partial charge in [-0.15, -0.1) is 0 Å². The Morgan fingerprint density at radius 1 is 1.47 bits per heavy atom. The molecule has 1 aliphatic carbocycles. The van der Waals surface area contributed by atoms with E-state index in [0.29, 0.717) is 18.4 Å². The van der Waals surface area contributed by atoms with Crippen LogP contribution in [-0.4, -0.2) is 26.3 Å². The molecular formula is C10H13NO3S. The summed E-state index contributed by atoms with van der Waals surface area (Å²) in [5.74, 6) is 1.16. The minimum absolute atomic E-state index is 0.223. The van der Waals surface area contributed by atoms with Gasteiger partial charge >= 0.3 is 0 Å². The highest BCUT2D eigenvalue weighted by Crippen LogP contribution is 2.29. The first-order valence-corrected chi connectivity index (χ1v) is 6.74. The van der Waals surface area contributed by atoms with E-state index in [2.05, 4.69) is 4.98 Å². The standard InChI is InChI=1S/C10H13NO3S/c1-15(12,13)9-4-5-10(11-6-9)14-7-8-2-3-8/h4-6,8H,2-3,7H2,1H3. The van der Waals surface area contributed by atoms with Crippen molar-refractivity contribution in [1.29, 1.82) is 0 Å². The predicted octanol–water partition coefficient (Wildman–Crippen LogP) is 1.27. The van der Waals surface area contributed by atoms with E-state index in [0.717, 1.165) is 6.26 Å². The Balaban J connectivity index is 2.02. The Kier molecular flexibility index (Phi) is 2.65. The molecule has 0 saturated heterocycles. The minimum atomic E-state index is -3.16. The molecule has 0 spiro atoms. The van der Waals surface area contributed by atoms with Crippen LogP contribution >= 0.6 is 0 Å². The second kappa shape index (κ2) is 3.81. The Hall–Kier alpha value is -1.10. The molecule has 0 unspecified atom stereocenters. The first-order chi connectivity index (χ1) is 7.05. The number of hydrogen-bond donors (Lipinski definition) is 0. The highest BCUT2D eigenvalue weighted by molar-refractivity contribution is 7.90. The maximum absolute atomic E-state index is 11.1. The molecule has 4 nitrogen and oxygen atoms in total. The summed E-state index contributed by atoms with van der Waals surface area (Å²) >= 11 is 0. The van der Waals surface area contributed by atoms with Gasteiger partial charge in [0.25, 0.3) is 0 Å². The molecule has 0 amide bonds. The van der Waals surface area contributed by atoms with Gasteiger partial charge in [-0.3, -0.25) is 0 Å². The first-order valence-electron chi connectivity index (χ1n) is 4.84. The molecule has 0 N–H and O–H groups in total. The van der Waals surface area contributed by atoms with Crippen molar-refractivity contribution in [2.75, 3.05) is 12.9 Å². The maximum atomic E-state index is 11.1. The lowest BCUT2D eigenvalue weighted by atomic mass is 10.4. The van der Waals surface area contributed by atoms with Crippen molar-refractivity contribution < 1.29 is 13.2 Å². The zero-order chi connectivity index (χ0) is 10.9. The van der Waals surface area contributed by atoms with E-state index in [4.69, 9.17) is 4.74 Å². The minimum Gasteiger partial charge on any atom is -0.477 e. The van der Waals surface area contributed by atoms with Gasteiger partial charge in [-0.1, -0.05) is 0 Å². The highest BCUT2D eigenvalue weighted by atomic mass is 32.2. The van der Waals surface area contributed by atoms with Crippen molar-refractivity contribution in [3.05, 3.63) is 18.3 Å². The largest absolute Gasteiger partial charge is 0.477 e. The van der Waals surface area contributed by atoms with Crippen molar-refractivity contribution in [3.63, 3.8) is 0 Å². The van der Waals surface area contributed by atoms with Gasteiger partial charge in [-0.2, -0.15) is 0 Å². The fourth-order valence-electron chi connectivity index (χ4n) is 1.16. The van der Waals surface area contributed by atoms with Crippen LogP contribution in [0.2, 0.25) is 0 Å². The third-order valence-electron chi connectivity index (χ3n) is 2.30. The maximum Gasteiger partial charge on any atom is 0.213 e. The third kappa shape index (κ3) is 2.92. The first kappa shape index (κ1) is 10.4. The molecule has 1 saturated carbocycles. The van der Waals surface area contributed by atoms with Gasteiger partial charge in [0.05, 0.1) is 11.5 Å². The van der Waals surface area contributed by atoms with Crippen molar-refractivity contribution in [1.82, 2.24) is 4.98 Å². The summed E-state index contributed by atoms with van der Waals surface area (Å²) in [4.78, 5) is 4.17. The van der Waals surface area contributed by atoms with E-state index in [1.165, 1.54) is 25.1 Å². The van der Waals surface area contributed by atoms with Crippen LogP contribution in [0.3, 0.4) is 0 Å². The Bertz CT molecular complexity index is 434. The van der Waals surface area contributed by atoms with Crippen LogP contribution in [0.5, 0.6) is 5.88 Å². The molecule has 0 aromatic carbocycles. The van der Waals surface area contributed by atoms with E-state index >= 15 is 0 Å². The molecule has 82 valence electrons. The zero-order valence-corrected chi connectivity index (χ0v) is 9.33. The average molecular weight is 227 g/mol. The number of aromatic nitrogens is 1. The summed E-state index contributed by atoms with van der Waals surface area (Å²) in [6.07, 6.45) is 4.94. The zero-order valence-electron chi connectivity index (χ0n) is 8.51. The molecule has 2 rings (SSSR count). The molecule has 15 heavy (non-hydrogen) atoms. The van der Waals surface area contributed by atoms with Gasteiger partial charge in [0.15, 0.2) is 9.84 Å². The van der Waals surface area contributed by atoms with Gasteiger partial charge in [0.1, 0.15) is 0 Å². The number of hydrogen-bond acceptors (Lipinski definition) is 4. The van der Waals surface area contributed by atoms with E-state index in [1.807, 2.05) is 0 Å². The van der Waals surface area contributed by atoms with Crippen LogP contribution in [0.4, 0.5) is 0 Å². The molecule has 1 aliphatic rings. The molecule has 1 aromatic heterocycles. The molecule has 1 aromatic rings. The number of sulfone groups is 1. The lowest BCUT2D eigenvalue weighted by Crippen LogP contribution is -2.02. The Morgan fingerprint density at radius 3 is 2.67 bits per heavy atom. The molecule has 0 aliphatic heterocycles. The second-order valence-corrected chi connectivity index (χ2v) is 5.87. The summed E-state index contributed by atoms with van der Waals surface area (Å²) in [6.45, 7) is 0.686. The topological polar surface area (TPSA) is 56.3 Å². The summed E-state index contributed by atoms with van der Waals surface area (Å²) in [5, 5.41) is 0. The highest BCUT2D eigenvalue weighted by Gasteiger charge is 2.22. The van der Waals surface area contributed by atoms with Gasteiger partial charge in [0.2, 0.25) is 5.88 Å². The van der Waals surface area contributed by atoms with Crippen LogP contribution in [0, 0.1) is 5.92 Å². The number of pyridine rings is 1. The quantitative estimate of drug-likeness (QED) is 0.777.